The van der Waals surface area contributed by atoms with Crippen molar-refractivity contribution in [2.24, 2.45) is 0 Å². The van der Waals surface area contributed by atoms with Gasteiger partial charge in [-0.2, -0.15) is 0 Å². The summed E-state index contributed by atoms with van der Waals surface area (Å²) in [5.74, 6) is -1.16. The van der Waals surface area contributed by atoms with Crippen LogP contribution in [-0.2, 0) is 6.54 Å². The number of carbonyl (C=O) groups is 2. The maximum absolute atomic E-state index is 11.8. The molecule has 3 N–H and O–H groups in total. The minimum atomic E-state index is -1.19. The highest BCUT2D eigenvalue weighted by Crippen LogP contribution is 2.05. The number of aromatic amines is 1. The first-order chi connectivity index (χ1) is 8.68. The predicted molar refractivity (Wildman–Crippen MR) is 61.0 cm³/mol. The molecule has 0 saturated heterocycles. The van der Waals surface area contributed by atoms with Crippen LogP contribution in [0.4, 0.5) is 0 Å². The summed E-state index contributed by atoms with van der Waals surface area (Å²) in [6.07, 6.45) is 4.56. The first-order valence-corrected chi connectivity index (χ1v) is 5.13. The summed E-state index contributed by atoms with van der Waals surface area (Å²) < 4.78 is 0. The molecule has 0 bridgehead atoms. The maximum Gasteiger partial charge on any atom is 0.338 e. The van der Waals surface area contributed by atoms with Crippen molar-refractivity contribution in [3.8, 4) is 0 Å². The number of H-pyrrole nitrogens is 1. The molecule has 18 heavy (non-hydrogen) atoms. The van der Waals surface area contributed by atoms with Crippen LogP contribution in [0.1, 0.15) is 26.7 Å². The summed E-state index contributed by atoms with van der Waals surface area (Å²) >= 11 is 0. The topological polar surface area (TPSA) is 108 Å². The lowest BCUT2D eigenvalue weighted by atomic mass is 10.2. The number of hydrogen-bond acceptors (Lipinski definition) is 4. The molecule has 7 nitrogen and oxygen atoms in total. The van der Waals surface area contributed by atoms with E-state index in [1.54, 1.807) is 12.4 Å². The second kappa shape index (κ2) is 5.09. The lowest BCUT2D eigenvalue weighted by molar-refractivity contribution is 0.0690. The lowest BCUT2D eigenvalue weighted by Gasteiger charge is -2.05. The molecule has 2 rings (SSSR count). The van der Waals surface area contributed by atoms with Gasteiger partial charge in [0.1, 0.15) is 11.5 Å². The van der Waals surface area contributed by atoms with Gasteiger partial charge in [0, 0.05) is 18.6 Å². The number of carbonyl (C=O) groups excluding carboxylic acids is 1. The van der Waals surface area contributed by atoms with Gasteiger partial charge < -0.3 is 15.4 Å². The van der Waals surface area contributed by atoms with Crippen molar-refractivity contribution in [1.29, 1.82) is 0 Å². The minimum Gasteiger partial charge on any atom is -0.478 e. The average molecular weight is 246 g/mol. The molecule has 2 heterocycles. The number of imidazole rings is 1. The van der Waals surface area contributed by atoms with Gasteiger partial charge in [-0.05, 0) is 12.1 Å². The summed E-state index contributed by atoms with van der Waals surface area (Å²) in [6, 6.07) is 2.80. The Hall–Kier alpha value is -2.70. The Labute approximate surface area is 102 Å². The monoisotopic (exact) mass is 246 g/mol. The van der Waals surface area contributed by atoms with Crippen molar-refractivity contribution in [1.82, 2.24) is 20.3 Å². The number of pyridine rings is 1. The number of carboxylic acids is 1. The first-order valence-electron chi connectivity index (χ1n) is 5.13. The molecule has 0 aromatic carbocycles. The van der Waals surface area contributed by atoms with E-state index in [1.165, 1.54) is 18.3 Å². The first kappa shape index (κ1) is 11.8. The summed E-state index contributed by atoms with van der Waals surface area (Å²) in [4.78, 5) is 33.2. The van der Waals surface area contributed by atoms with Gasteiger partial charge in [-0.25, -0.2) is 9.78 Å². The molecular weight excluding hydrogens is 236 g/mol. The molecule has 0 saturated carbocycles. The number of rotatable bonds is 4. The zero-order valence-electron chi connectivity index (χ0n) is 9.25. The predicted octanol–water partition coefficient (Wildman–Crippen LogP) is 0.433. The molecule has 0 spiro atoms. The molecule has 7 heteroatoms. The van der Waals surface area contributed by atoms with Crippen molar-refractivity contribution in [2.75, 3.05) is 0 Å². The van der Waals surface area contributed by atoms with Crippen LogP contribution in [-0.4, -0.2) is 31.9 Å². The number of aromatic carboxylic acids is 1. The van der Waals surface area contributed by atoms with Crippen LogP contribution < -0.4 is 5.32 Å². The van der Waals surface area contributed by atoms with Gasteiger partial charge in [0.2, 0.25) is 0 Å². The summed E-state index contributed by atoms with van der Waals surface area (Å²) in [5, 5.41) is 11.5. The number of nitrogens with zero attached hydrogens (tertiary/aromatic N) is 2. The smallest absolute Gasteiger partial charge is 0.338 e. The second-order valence-corrected chi connectivity index (χ2v) is 3.42. The van der Waals surface area contributed by atoms with E-state index in [0.29, 0.717) is 5.82 Å². The van der Waals surface area contributed by atoms with E-state index in [0.717, 1.165) is 0 Å². The molecule has 0 radical (unpaired) electrons. The van der Waals surface area contributed by atoms with Gasteiger partial charge in [-0.1, -0.05) is 0 Å². The second-order valence-electron chi connectivity index (χ2n) is 3.42. The molecule has 2 aromatic heterocycles. The van der Waals surface area contributed by atoms with Crippen molar-refractivity contribution in [3.63, 3.8) is 0 Å². The molecule has 0 aliphatic heterocycles. The fraction of sp³-hybridized carbons (Fsp3) is 0.0909. The number of aromatic nitrogens is 3. The number of amides is 1. The van der Waals surface area contributed by atoms with Crippen molar-refractivity contribution < 1.29 is 14.7 Å². The maximum atomic E-state index is 11.8. The van der Waals surface area contributed by atoms with E-state index in [-0.39, 0.29) is 17.8 Å². The van der Waals surface area contributed by atoms with Gasteiger partial charge in [0.15, 0.2) is 0 Å². The van der Waals surface area contributed by atoms with Crippen LogP contribution >= 0.6 is 0 Å². The standard InChI is InChI=1S/C11H10N4O3/c16-10(15-6-8-12-4-5-13-8)9-7(11(17)18)2-1-3-14-9/h1-5H,6H2,(H,12,13)(H,15,16)(H,17,18). The highest BCUT2D eigenvalue weighted by molar-refractivity contribution is 6.03. The lowest BCUT2D eigenvalue weighted by Crippen LogP contribution is -2.26. The molecule has 2 aromatic rings. The highest BCUT2D eigenvalue weighted by atomic mass is 16.4. The van der Waals surface area contributed by atoms with Crippen LogP contribution in [0.5, 0.6) is 0 Å². The molecule has 1 amide bonds. The number of carboxylic acid groups (broad SMARTS) is 1. The fourth-order valence-electron chi connectivity index (χ4n) is 1.40. The van der Waals surface area contributed by atoms with Crippen molar-refractivity contribution in [2.45, 2.75) is 6.54 Å². The number of hydrogen-bond donors (Lipinski definition) is 3. The third-order valence-corrected chi connectivity index (χ3v) is 2.22. The zero-order valence-corrected chi connectivity index (χ0v) is 9.25. The Balaban J connectivity index is 2.11. The molecule has 0 fully saturated rings. The fourth-order valence-corrected chi connectivity index (χ4v) is 1.40. The van der Waals surface area contributed by atoms with Crippen molar-refractivity contribution in [3.05, 3.63) is 47.8 Å². The third-order valence-electron chi connectivity index (χ3n) is 2.22. The zero-order chi connectivity index (χ0) is 13.0. The molecule has 0 atom stereocenters. The van der Waals surface area contributed by atoms with E-state index >= 15 is 0 Å². The highest BCUT2D eigenvalue weighted by Gasteiger charge is 2.17. The van der Waals surface area contributed by atoms with Gasteiger partial charge in [-0.3, -0.25) is 9.78 Å². The van der Waals surface area contributed by atoms with Gasteiger partial charge >= 0.3 is 5.97 Å². The van der Waals surface area contributed by atoms with Crippen LogP contribution in [0, 0.1) is 0 Å². The Kier molecular flexibility index (Phi) is 3.33. The molecule has 92 valence electrons. The van der Waals surface area contributed by atoms with E-state index < -0.39 is 11.9 Å². The van der Waals surface area contributed by atoms with Gasteiger partial charge in [-0.15, -0.1) is 0 Å². The summed E-state index contributed by atoms with van der Waals surface area (Å²) in [7, 11) is 0. The van der Waals surface area contributed by atoms with Crippen LogP contribution in [0.15, 0.2) is 30.7 Å². The van der Waals surface area contributed by atoms with E-state index in [2.05, 4.69) is 20.3 Å². The normalized spacial score (nSPS) is 10.0. The Morgan fingerprint density at radius 1 is 1.33 bits per heavy atom. The van der Waals surface area contributed by atoms with Crippen molar-refractivity contribution >= 4 is 11.9 Å². The van der Waals surface area contributed by atoms with E-state index in [1.807, 2.05) is 0 Å². The summed E-state index contributed by atoms with van der Waals surface area (Å²) in [5.41, 5.74) is -0.244. The van der Waals surface area contributed by atoms with Crippen LogP contribution in [0.2, 0.25) is 0 Å². The van der Waals surface area contributed by atoms with Gasteiger partial charge in [0.05, 0.1) is 12.1 Å². The summed E-state index contributed by atoms with van der Waals surface area (Å²) in [6.45, 7) is 0.182. The SMILES string of the molecule is O=C(O)c1cccnc1C(=O)NCc1ncc[nH]1. The Morgan fingerprint density at radius 3 is 2.83 bits per heavy atom. The quantitative estimate of drug-likeness (QED) is 0.725. The van der Waals surface area contributed by atoms with Crippen LogP contribution in [0.3, 0.4) is 0 Å². The molecule has 0 unspecified atom stereocenters. The van der Waals surface area contributed by atoms with E-state index in [4.69, 9.17) is 5.11 Å². The largest absolute Gasteiger partial charge is 0.478 e. The van der Waals surface area contributed by atoms with E-state index in [9.17, 15) is 9.59 Å². The Bertz CT molecular complexity index is 565. The molecule has 0 aliphatic rings. The average Bonchev–Trinajstić information content (AvgIpc) is 2.89. The van der Waals surface area contributed by atoms with Gasteiger partial charge in [0.25, 0.3) is 5.91 Å². The minimum absolute atomic E-state index is 0.114. The van der Waals surface area contributed by atoms with Crippen LogP contribution in [0.25, 0.3) is 0 Å². The molecular formula is C11H10N4O3. The number of nitrogens with one attached hydrogen (secondary N) is 2. The molecule has 0 aliphatic carbocycles. The Morgan fingerprint density at radius 2 is 2.17 bits per heavy atom. The third kappa shape index (κ3) is 2.51.